The minimum Gasteiger partial charge on any atom is -0.369 e. The molecule has 0 radical (unpaired) electrons. The molecule has 1 aromatic heterocycles. The summed E-state index contributed by atoms with van der Waals surface area (Å²) in [6.07, 6.45) is 7.75. The maximum atomic E-state index is 4.40. The smallest absolute Gasteiger partial charge is 0.164 e. The number of allylic oxidation sites excluding steroid dienone is 2. The van der Waals surface area contributed by atoms with Gasteiger partial charge in [-0.15, -0.1) is 0 Å². The Morgan fingerprint density at radius 2 is 2.11 bits per heavy atom. The van der Waals surface area contributed by atoms with Crippen molar-refractivity contribution < 1.29 is 0 Å². The van der Waals surface area contributed by atoms with Gasteiger partial charge < -0.3 is 4.90 Å². The Hall–Kier alpha value is -1.71. The van der Waals surface area contributed by atoms with E-state index in [-0.39, 0.29) is 0 Å². The zero-order valence-corrected chi connectivity index (χ0v) is 11.9. The Morgan fingerprint density at radius 1 is 1.39 bits per heavy atom. The maximum absolute atomic E-state index is 4.40. The number of unbranched alkanes of at least 4 members (excludes halogenated alkanes) is 1. The molecule has 0 aromatic carbocycles. The van der Waals surface area contributed by atoms with Crippen molar-refractivity contribution in [2.45, 2.75) is 33.6 Å². The molecule has 1 rings (SSSR count). The van der Waals surface area contributed by atoms with E-state index >= 15 is 0 Å². The van der Waals surface area contributed by atoms with Crippen LogP contribution >= 0.6 is 0 Å². The first kappa shape index (κ1) is 14.4. The van der Waals surface area contributed by atoms with Crippen molar-refractivity contribution in [1.29, 1.82) is 0 Å². The van der Waals surface area contributed by atoms with Crippen LogP contribution in [0.2, 0.25) is 0 Å². The van der Waals surface area contributed by atoms with Crippen LogP contribution in [-0.4, -0.2) is 35.3 Å². The normalized spacial score (nSPS) is 12.2. The fourth-order valence-electron chi connectivity index (χ4n) is 1.65. The predicted octanol–water partition coefficient (Wildman–Crippen LogP) is 3.21. The molecule has 0 aliphatic rings. The van der Waals surface area contributed by atoms with E-state index in [1.165, 1.54) is 5.57 Å². The van der Waals surface area contributed by atoms with Crippen molar-refractivity contribution in [2.24, 2.45) is 4.99 Å². The van der Waals surface area contributed by atoms with Gasteiger partial charge >= 0.3 is 0 Å². The number of nitrogens with zero attached hydrogens (tertiary/aromatic N) is 4. The number of aryl methyl sites for hydroxylation is 1. The summed E-state index contributed by atoms with van der Waals surface area (Å²) in [4.78, 5) is 14.8. The fraction of sp³-hybridized carbons (Fsp3) is 0.500. The lowest BCUT2D eigenvalue weighted by Gasteiger charge is -2.09. The quantitative estimate of drug-likeness (QED) is 0.591. The van der Waals surface area contributed by atoms with Gasteiger partial charge in [-0.05, 0) is 25.8 Å². The van der Waals surface area contributed by atoms with Crippen molar-refractivity contribution in [3.63, 3.8) is 0 Å². The van der Waals surface area contributed by atoms with Crippen molar-refractivity contribution >= 4 is 17.7 Å². The molecule has 0 spiro atoms. The Labute approximate surface area is 109 Å². The van der Waals surface area contributed by atoms with Gasteiger partial charge in [0.15, 0.2) is 5.82 Å². The average Bonchev–Trinajstić information content (AvgIpc) is 2.33. The van der Waals surface area contributed by atoms with Gasteiger partial charge in [0.25, 0.3) is 0 Å². The van der Waals surface area contributed by atoms with Crippen LogP contribution in [0.25, 0.3) is 5.57 Å². The summed E-state index contributed by atoms with van der Waals surface area (Å²) in [5, 5.41) is 0. The lowest BCUT2D eigenvalue weighted by molar-refractivity contribution is 0.643. The topological polar surface area (TPSA) is 41.4 Å². The highest BCUT2D eigenvalue weighted by atomic mass is 15.1. The molecule has 1 aromatic rings. The number of hydrogen-bond acceptors (Lipinski definition) is 3. The summed E-state index contributed by atoms with van der Waals surface area (Å²) in [6, 6.07) is 0. The molecule has 0 unspecified atom stereocenters. The first-order valence-electron chi connectivity index (χ1n) is 6.25. The molecule has 0 saturated carbocycles. The summed E-state index contributed by atoms with van der Waals surface area (Å²) in [5.41, 5.74) is 3.21. The van der Waals surface area contributed by atoms with Crippen LogP contribution in [0.1, 0.15) is 37.9 Å². The van der Waals surface area contributed by atoms with Crippen LogP contribution in [0.3, 0.4) is 0 Å². The van der Waals surface area contributed by atoms with Crippen LogP contribution < -0.4 is 0 Å². The minimum absolute atomic E-state index is 0.737. The van der Waals surface area contributed by atoms with Crippen LogP contribution in [0.4, 0.5) is 5.82 Å². The van der Waals surface area contributed by atoms with Crippen LogP contribution in [0.5, 0.6) is 0 Å². The van der Waals surface area contributed by atoms with Gasteiger partial charge in [0, 0.05) is 19.7 Å². The number of aromatic nitrogens is 2. The van der Waals surface area contributed by atoms with Crippen molar-refractivity contribution in [2.75, 3.05) is 14.1 Å². The van der Waals surface area contributed by atoms with Gasteiger partial charge in [0.05, 0.1) is 12.0 Å². The molecule has 0 bridgehead atoms. The zero-order valence-electron chi connectivity index (χ0n) is 11.9. The summed E-state index contributed by atoms with van der Waals surface area (Å²) in [5.74, 6) is 0.737. The summed E-state index contributed by atoms with van der Waals surface area (Å²) < 4.78 is 0. The molecule has 1 heterocycles. The van der Waals surface area contributed by atoms with E-state index in [2.05, 4.69) is 34.9 Å². The number of aliphatic imine (C=N–C) groups is 1. The van der Waals surface area contributed by atoms with E-state index < -0.39 is 0 Å². The SMILES string of the molecule is CCC/C=C(/C)c1c(C)ncnc1/N=C/N(C)C. The van der Waals surface area contributed by atoms with Crippen molar-refractivity contribution in [3.8, 4) is 0 Å². The Morgan fingerprint density at radius 3 is 2.72 bits per heavy atom. The van der Waals surface area contributed by atoms with Crippen LogP contribution in [0, 0.1) is 6.92 Å². The largest absolute Gasteiger partial charge is 0.369 e. The van der Waals surface area contributed by atoms with Gasteiger partial charge in [-0.2, -0.15) is 0 Å². The molecule has 0 aliphatic carbocycles. The van der Waals surface area contributed by atoms with E-state index in [1.807, 2.05) is 25.9 Å². The van der Waals surface area contributed by atoms with E-state index in [4.69, 9.17) is 0 Å². The molecule has 0 N–H and O–H groups in total. The average molecular weight is 246 g/mol. The first-order valence-corrected chi connectivity index (χ1v) is 6.25. The Kier molecular flexibility index (Phi) is 5.49. The molecule has 0 aliphatic heterocycles. The van der Waals surface area contributed by atoms with Gasteiger partial charge in [-0.3, -0.25) is 0 Å². The van der Waals surface area contributed by atoms with Crippen LogP contribution in [0.15, 0.2) is 17.4 Å². The molecular formula is C14H22N4. The molecule has 98 valence electrons. The summed E-state index contributed by atoms with van der Waals surface area (Å²) >= 11 is 0. The molecular weight excluding hydrogens is 224 g/mol. The second-order valence-corrected chi connectivity index (χ2v) is 4.54. The highest BCUT2D eigenvalue weighted by Crippen LogP contribution is 2.26. The number of rotatable bonds is 5. The molecule has 4 heteroatoms. The molecule has 0 saturated heterocycles. The summed E-state index contributed by atoms with van der Waals surface area (Å²) in [6.45, 7) is 6.26. The van der Waals surface area contributed by atoms with Gasteiger partial charge in [-0.1, -0.05) is 19.4 Å². The monoisotopic (exact) mass is 246 g/mol. The predicted molar refractivity (Wildman–Crippen MR) is 77.2 cm³/mol. The summed E-state index contributed by atoms with van der Waals surface area (Å²) in [7, 11) is 3.88. The molecule has 0 fully saturated rings. The third-order valence-corrected chi connectivity index (χ3v) is 2.56. The van der Waals surface area contributed by atoms with E-state index in [0.717, 1.165) is 29.9 Å². The van der Waals surface area contributed by atoms with E-state index in [0.29, 0.717) is 0 Å². The molecule has 0 atom stereocenters. The van der Waals surface area contributed by atoms with Crippen LogP contribution in [-0.2, 0) is 0 Å². The Bertz CT molecular complexity index is 447. The standard InChI is InChI=1S/C14H22N4/c1-6-7-8-11(2)13-12(3)15-9-16-14(13)17-10-18(4)5/h8-10H,6-7H2,1-5H3/b11-8-,17-10+. The van der Waals surface area contributed by atoms with Crippen molar-refractivity contribution in [3.05, 3.63) is 23.7 Å². The zero-order chi connectivity index (χ0) is 13.5. The third kappa shape index (κ3) is 3.95. The third-order valence-electron chi connectivity index (χ3n) is 2.56. The lowest BCUT2D eigenvalue weighted by Crippen LogP contribution is -2.07. The van der Waals surface area contributed by atoms with Gasteiger partial charge in [-0.25, -0.2) is 15.0 Å². The second kappa shape index (κ2) is 6.89. The highest BCUT2D eigenvalue weighted by molar-refractivity contribution is 5.75. The highest BCUT2D eigenvalue weighted by Gasteiger charge is 2.08. The molecule has 18 heavy (non-hydrogen) atoms. The van der Waals surface area contributed by atoms with E-state index in [1.54, 1.807) is 12.7 Å². The van der Waals surface area contributed by atoms with Crippen molar-refractivity contribution in [1.82, 2.24) is 14.9 Å². The minimum atomic E-state index is 0.737. The van der Waals surface area contributed by atoms with Gasteiger partial charge in [0.2, 0.25) is 0 Å². The lowest BCUT2D eigenvalue weighted by atomic mass is 10.1. The maximum Gasteiger partial charge on any atom is 0.164 e. The number of hydrogen-bond donors (Lipinski definition) is 0. The van der Waals surface area contributed by atoms with E-state index in [9.17, 15) is 0 Å². The fourth-order valence-corrected chi connectivity index (χ4v) is 1.65. The molecule has 4 nitrogen and oxygen atoms in total. The second-order valence-electron chi connectivity index (χ2n) is 4.54. The van der Waals surface area contributed by atoms with Gasteiger partial charge in [0.1, 0.15) is 6.33 Å². The Balaban J connectivity index is 3.16. The first-order chi connectivity index (χ1) is 8.56. The molecule has 0 amide bonds.